The fourth-order valence-electron chi connectivity index (χ4n) is 3.76. The van der Waals surface area contributed by atoms with Crippen LogP contribution in [0.3, 0.4) is 0 Å². The van der Waals surface area contributed by atoms with E-state index in [2.05, 4.69) is 10.5 Å². The summed E-state index contributed by atoms with van der Waals surface area (Å²) in [5.41, 5.74) is 1.56. The smallest absolute Gasteiger partial charge is 0.337 e. The Morgan fingerprint density at radius 1 is 1.09 bits per heavy atom. The van der Waals surface area contributed by atoms with Gasteiger partial charge in [-0.25, -0.2) is 13.2 Å². The summed E-state index contributed by atoms with van der Waals surface area (Å²) in [4.78, 5) is 34.8. The number of anilines is 2. The number of rotatable bonds is 7. The third-order valence-corrected chi connectivity index (χ3v) is 7.43. The lowest BCUT2D eigenvalue weighted by Crippen LogP contribution is -2.29. The summed E-state index contributed by atoms with van der Waals surface area (Å²) in [5, 5.41) is 15.2. The molecule has 0 spiro atoms. The van der Waals surface area contributed by atoms with Gasteiger partial charge >= 0.3 is 5.97 Å². The van der Waals surface area contributed by atoms with Crippen LogP contribution in [0.4, 0.5) is 11.4 Å². The number of nitrogens with zero attached hydrogens (tertiary/aromatic N) is 2. The van der Waals surface area contributed by atoms with E-state index in [0.29, 0.717) is 22.7 Å². The molecule has 0 bridgehead atoms. The largest absolute Gasteiger partial charge is 0.478 e. The molecule has 3 aromatic rings. The van der Waals surface area contributed by atoms with Gasteiger partial charge in [-0.15, -0.1) is 0 Å². The Bertz CT molecular complexity index is 1420. The number of carboxylic acids is 1. The number of nitrogens with one attached hydrogen (secondary N) is 1. The van der Waals surface area contributed by atoms with Gasteiger partial charge in [0.1, 0.15) is 6.54 Å². The molecule has 1 aliphatic heterocycles. The fourth-order valence-corrected chi connectivity index (χ4v) is 5.50. The van der Waals surface area contributed by atoms with E-state index in [4.69, 9.17) is 11.6 Å². The highest BCUT2D eigenvalue weighted by atomic mass is 35.5. The van der Waals surface area contributed by atoms with Gasteiger partial charge in [0.2, 0.25) is 0 Å². The molecule has 174 valence electrons. The standard InChI is InChI=1S/C23H18ClN3O6S/c24-17-5-7-21-15(11-17)8-9-27(21)34(32,33)18-3-1-2-16(12-18)22(28)26-20-6-4-14(13-25-31)10-19(20)23(29)30/h1-7,10-12H,8-9,13H2,(H,26,28)(H,29,30). The number of carboxylic acid groups (broad SMARTS) is 1. The molecule has 0 unspecified atom stereocenters. The molecular weight excluding hydrogens is 482 g/mol. The number of carbonyl (C=O) groups excluding carboxylic acids is 1. The fraction of sp³-hybridized carbons (Fsp3) is 0.130. The van der Waals surface area contributed by atoms with E-state index in [1.54, 1.807) is 18.2 Å². The molecule has 0 saturated carbocycles. The van der Waals surface area contributed by atoms with Crippen molar-refractivity contribution in [2.24, 2.45) is 5.18 Å². The minimum Gasteiger partial charge on any atom is -0.478 e. The van der Waals surface area contributed by atoms with E-state index in [9.17, 15) is 28.0 Å². The predicted octanol–water partition coefficient (Wildman–Crippen LogP) is 4.31. The van der Waals surface area contributed by atoms with Crippen LogP contribution in [0, 0.1) is 4.91 Å². The molecule has 2 N–H and O–H groups in total. The van der Waals surface area contributed by atoms with Crippen molar-refractivity contribution < 1.29 is 23.1 Å². The summed E-state index contributed by atoms with van der Waals surface area (Å²) in [7, 11) is -3.95. The average Bonchev–Trinajstić information content (AvgIpc) is 3.24. The van der Waals surface area contributed by atoms with Crippen molar-refractivity contribution in [1.29, 1.82) is 0 Å². The zero-order chi connectivity index (χ0) is 24.5. The van der Waals surface area contributed by atoms with Gasteiger partial charge in [-0.05, 0) is 66.1 Å². The molecule has 1 amide bonds. The number of benzene rings is 3. The maximum atomic E-state index is 13.3. The first-order valence-corrected chi connectivity index (χ1v) is 11.9. The molecule has 0 aromatic heterocycles. The van der Waals surface area contributed by atoms with Crippen LogP contribution in [0.1, 0.15) is 31.8 Å². The van der Waals surface area contributed by atoms with E-state index in [0.717, 1.165) is 5.56 Å². The second kappa shape index (κ2) is 9.24. The summed E-state index contributed by atoms with van der Waals surface area (Å²) < 4.78 is 27.9. The average molecular weight is 500 g/mol. The summed E-state index contributed by atoms with van der Waals surface area (Å²) >= 11 is 6.01. The number of sulfonamides is 1. The number of hydrogen-bond donors (Lipinski definition) is 2. The van der Waals surface area contributed by atoms with Crippen LogP contribution in [-0.2, 0) is 23.0 Å². The van der Waals surface area contributed by atoms with Crippen molar-refractivity contribution in [2.75, 3.05) is 16.2 Å². The van der Waals surface area contributed by atoms with E-state index in [-0.39, 0.29) is 34.8 Å². The first-order valence-electron chi connectivity index (χ1n) is 10.1. The van der Waals surface area contributed by atoms with Crippen LogP contribution < -0.4 is 9.62 Å². The van der Waals surface area contributed by atoms with Gasteiger partial charge in [0.15, 0.2) is 0 Å². The van der Waals surface area contributed by atoms with Crippen LogP contribution in [0.25, 0.3) is 0 Å². The summed E-state index contributed by atoms with van der Waals surface area (Å²) in [5.74, 6) is -1.98. The maximum absolute atomic E-state index is 13.3. The van der Waals surface area contributed by atoms with Crippen LogP contribution in [0.15, 0.2) is 70.7 Å². The zero-order valence-corrected chi connectivity index (χ0v) is 19.1. The Morgan fingerprint density at radius 2 is 1.88 bits per heavy atom. The molecule has 9 nitrogen and oxygen atoms in total. The highest BCUT2D eigenvalue weighted by Gasteiger charge is 2.31. The van der Waals surface area contributed by atoms with Gasteiger partial charge in [-0.1, -0.05) is 28.9 Å². The predicted molar refractivity (Wildman–Crippen MR) is 127 cm³/mol. The molecular formula is C23H18ClN3O6S. The van der Waals surface area contributed by atoms with E-state index < -0.39 is 21.9 Å². The summed E-state index contributed by atoms with van der Waals surface area (Å²) in [6.45, 7) is 0.0403. The number of amides is 1. The minimum atomic E-state index is -3.95. The van der Waals surface area contributed by atoms with E-state index in [1.165, 1.54) is 46.8 Å². The van der Waals surface area contributed by atoms with Crippen molar-refractivity contribution in [3.05, 3.63) is 92.8 Å². The van der Waals surface area contributed by atoms with Crippen molar-refractivity contribution in [3.63, 3.8) is 0 Å². The van der Waals surface area contributed by atoms with Gasteiger partial charge in [0.05, 0.1) is 21.8 Å². The number of aromatic carboxylic acids is 1. The SMILES string of the molecule is O=NCc1ccc(NC(=O)c2cccc(S(=O)(=O)N3CCc4cc(Cl)ccc43)c2)c(C(=O)O)c1. The van der Waals surface area contributed by atoms with Crippen molar-refractivity contribution in [1.82, 2.24) is 0 Å². The summed E-state index contributed by atoms with van der Waals surface area (Å²) in [6, 6.07) is 14.6. The highest BCUT2D eigenvalue weighted by molar-refractivity contribution is 7.92. The monoisotopic (exact) mass is 499 g/mol. The Hall–Kier alpha value is -3.76. The second-order valence-electron chi connectivity index (χ2n) is 7.55. The normalized spacial score (nSPS) is 12.8. The molecule has 0 atom stereocenters. The van der Waals surface area contributed by atoms with Crippen LogP contribution in [0.2, 0.25) is 5.02 Å². The molecule has 0 aliphatic carbocycles. The second-order valence-corrected chi connectivity index (χ2v) is 9.85. The van der Waals surface area contributed by atoms with Crippen molar-refractivity contribution in [3.8, 4) is 0 Å². The number of carbonyl (C=O) groups is 2. The molecule has 1 aliphatic rings. The topological polar surface area (TPSA) is 133 Å². The lowest BCUT2D eigenvalue weighted by molar-refractivity contribution is 0.0698. The van der Waals surface area contributed by atoms with Gasteiger partial charge < -0.3 is 10.4 Å². The maximum Gasteiger partial charge on any atom is 0.337 e. The quantitative estimate of drug-likeness (QED) is 0.465. The van der Waals surface area contributed by atoms with E-state index in [1.807, 2.05) is 0 Å². The van der Waals surface area contributed by atoms with Crippen molar-refractivity contribution in [2.45, 2.75) is 17.9 Å². The molecule has 1 heterocycles. The Kier molecular flexibility index (Phi) is 6.36. The molecule has 3 aromatic carbocycles. The Labute approximate surface area is 200 Å². The highest BCUT2D eigenvalue weighted by Crippen LogP contribution is 2.34. The lowest BCUT2D eigenvalue weighted by atomic mass is 10.1. The van der Waals surface area contributed by atoms with Crippen LogP contribution in [0.5, 0.6) is 0 Å². The first-order chi connectivity index (χ1) is 16.2. The third kappa shape index (κ3) is 4.50. The number of hydrogen-bond acceptors (Lipinski definition) is 6. The number of fused-ring (bicyclic) bond motifs is 1. The summed E-state index contributed by atoms with van der Waals surface area (Å²) in [6.07, 6.45) is 0.517. The van der Waals surface area contributed by atoms with Crippen molar-refractivity contribution >= 4 is 44.9 Å². The van der Waals surface area contributed by atoms with Gasteiger partial charge in [-0.2, -0.15) is 4.91 Å². The van der Waals surface area contributed by atoms with Crippen LogP contribution >= 0.6 is 11.6 Å². The molecule has 0 saturated heterocycles. The molecule has 11 heteroatoms. The zero-order valence-electron chi connectivity index (χ0n) is 17.6. The number of nitroso groups, excluding NO2 is 1. The van der Waals surface area contributed by atoms with Crippen LogP contribution in [-0.4, -0.2) is 31.9 Å². The Morgan fingerprint density at radius 3 is 2.62 bits per heavy atom. The lowest BCUT2D eigenvalue weighted by Gasteiger charge is -2.20. The van der Waals surface area contributed by atoms with Gasteiger partial charge in [0, 0.05) is 17.1 Å². The third-order valence-electron chi connectivity index (χ3n) is 5.39. The van der Waals surface area contributed by atoms with E-state index >= 15 is 0 Å². The van der Waals surface area contributed by atoms with Gasteiger partial charge in [-0.3, -0.25) is 9.10 Å². The number of halogens is 1. The molecule has 34 heavy (non-hydrogen) atoms. The molecule has 0 radical (unpaired) electrons. The Balaban J connectivity index is 1.62. The first kappa shape index (κ1) is 23.4. The molecule has 4 rings (SSSR count). The van der Waals surface area contributed by atoms with Gasteiger partial charge in [0.25, 0.3) is 15.9 Å². The molecule has 0 fully saturated rings. The minimum absolute atomic E-state index is 0.00533.